The number of methoxy groups -OCH3 is 1. The lowest BCUT2D eigenvalue weighted by molar-refractivity contribution is -0.226. The van der Waals surface area contributed by atoms with Crippen molar-refractivity contribution in [3.8, 4) is 34.8 Å². The van der Waals surface area contributed by atoms with Crippen LogP contribution in [0.5, 0.6) is 23.0 Å². The fourth-order valence-electron chi connectivity index (χ4n) is 14.5. The normalized spacial score (nSPS) is 36.3. The molecule has 0 unspecified atom stereocenters. The number of rotatable bonds is 11. The second-order valence-electron chi connectivity index (χ2n) is 19.4. The summed E-state index contributed by atoms with van der Waals surface area (Å²) in [5.41, 5.74) is 2.09. The Balaban J connectivity index is 1.30. The highest BCUT2D eigenvalue weighted by Gasteiger charge is 2.76. The van der Waals surface area contributed by atoms with E-state index in [9.17, 15) is 25.5 Å². The largest absolute Gasteiger partial charge is 0.504 e. The fourth-order valence-corrected chi connectivity index (χ4v) is 14.5. The molecule has 1 heterocycles. The number of fused-ring (bicyclic) bond motifs is 3. The Kier molecular flexibility index (Phi) is 11.0. The maximum absolute atomic E-state index is 15.8. The topological polar surface area (TPSA) is 152 Å². The van der Waals surface area contributed by atoms with E-state index >= 15 is 4.79 Å². The number of aliphatic hydroxyl groups is 2. The molecule has 3 aromatic rings. The van der Waals surface area contributed by atoms with E-state index in [0.717, 1.165) is 73.7 Å². The van der Waals surface area contributed by atoms with Gasteiger partial charge in [0.15, 0.2) is 23.0 Å². The van der Waals surface area contributed by atoms with Crippen molar-refractivity contribution in [1.29, 1.82) is 0 Å². The highest BCUT2D eigenvalue weighted by Crippen LogP contribution is 2.74. The van der Waals surface area contributed by atoms with E-state index < -0.39 is 28.8 Å². The van der Waals surface area contributed by atoms with Gasteiger partial charge in [0.25, 0.3) is 0 Å². The van der Waals surface area contributed by atoms with Crippen molar-refractivity contribution in [2.45, 2.75) is 119 Å². The molecule has 9 heteroatoms. The lowest BCUT2D eigenvalue weighted by atomic mass is 9.31. The summed E-state index contributed by atoms with van der Waals surface area (Å²) >= 11 is 0. The minimum Gasteiger partial charge on any atom is -0.504 e. The van der Waals surface area contributed by atoms with Crippen LogP contribution >= 0.6 is 0 Å². The molecule has 4 bridgehead atoms. The first-order valence-electron chi connectivity index (χ1n) is 22.8. The molecule has 5 aliphatic carbocycles. The van der Waals surface area contributed by atoms with Crippen molar-refractivity contribution in [3.05, 3.63) is 82.4 Å². The number of aromatic hydroxyl groups is 3. The van der Waals surface area contributed by atoms with Crippen LogP contribution < -0.4 is 15.4 Å². The van der Waals surface area contributed by atoms with Crippen LogP contribution in [0, 0.1) is 53.3 Å². The number of Topliss-reactive ketones (excluding diaryl/α,β-unsaturated/α-hetero) is 1. The fraction of sp³-hybridized carbons (Fsp3) is 0.588. The Bertz CT molecular complexity index is 2170. The first-order chi connectivity index (χ1) is 29.0. The van der Waals surface area contributed by atoms with Gasteiger partial charge in [0.2, 0.25) is 0 Å². The van der Waals surface area contributed by atoms with E-state index in [4.69, 9.17) is 4.74 Å². The second-order valence-corrected chi connectivity index (χ2v) is 19.4. The van der Waals surface area contributed by atoms with Gasteiger partial charge in [0, 0.05) is 53.5 Å². The summed E-state index contributed by atoms with van der Waals surface area (Å²) in [6.45, 7) is 3.29. The van der Waals surface area contributed by atoms with Gasteiger partial charge in [0.05, 0.1) is 19.3 Å². The Morgan fingerprint density at radius 2 is 1.73 bits per heavy atom. The minimum absolute atomic E-state index is 0.0185. The van der Waals surface area contributed by atoms with Crippen molar-refractivity contribution in [2.75, 3.05) is 27.2 Å². The molecule has 0 radical (unpaired) electrons. The molecule has 3 aromatic carbocycles. The smallest absolute Gasteiger partial charge is 0.160 e. The zero-order valence-corrected chi connectivity index (χ0v) is 35.6. The van der Waals surface area contributed by atoms with Gasteiger partial charge in [0.1, 0.15) is 5.78 Å². The zero-order valence-electron chi connectivity index (χ0n) is 35.6. The first-order valence-corrected chi connectivity index (χ1v) is 22.8. The number of ether oxygens (including phenoxy) is 1. The number of phenolic OH excluding ortho intramolecular Hbond substituents is 3. The summed E-state index contributed by atoms with van der Waals surface area (Å²) in [5.74, 6) is 6.70. The van der Waals surface area contributed by atoms with E-state index in [2.05, 4.69) is 41.5 Å². The number of unbranched alkanes of at least 4 members (excludes halogenated alkanes) is 2. The third-order valence-electron chi connectivity index (χ3n) is 16.8. The van der Waals surface area contributed by atoms with Crippen molar-refractivity contribution >= 4 is 5.78 Å². The molecule has 1 spiro atoms. The van der Waals surface area contributed by atoms with Crippen LogP contribution in [-0.4, -0.2) is 69.7 Å². The maximum Gasteiger partial charge on any atom is 0.160 e. The predicted molar refractivity (Wildman–Crippen MR) is 231 cm³/mol. The monoisotopic (exact) mass is 816 g/mol. The van der Waals surface area contributed by atoms with Crippen LogP contribution in [0.15, 0.2) is 54.6 Å². The Morgan fingerprint density at radius 3 is 2.48 bits per heavy atom. The minimum atomic E-state index is -1.39. The molecule has 4 fully saturated rings. The van der Waals surface area contributed by atoms with Crippen molar-refractivity contribution in [3.63, 3.8) is 0 Å². The predicted octanol–water partition coefficient (Wildman–Crippen LogP) is 7.21. The van der Waals surface area contributed by atoms with E-state index in [1.807, 2.05) is 37.4 Å². The van der Waals surface area contributed by atoms with Crippen LogP contribution in [0.2, 0.25) is 0 Å². The lowest BCUT2D eigenvalue weighted by Gasteiger charge is -2.76. The molecular weight excluding hydrogens is 753 g/mol. The molecule has 9 rings (SSSR count). The molecule has 1 aliphatic heterocycles. The van der Waals surface area contributed by atoms with Crippen molar-refractivity contribution < 1.29 is 35.1 Å². The second kappa shape index (κ2) is 16.0. The number of hydrogen-bond donors (Lipinski definition) is 7. The number of nitrogens with one attached hydrogen (secondary N) is 2. The molecule has 320 valence electrons. The van der Waals surface area contributed by atoms with E-state index in [1.165, 1.54) is 7.11 Å². The van der Waals surface area contributed by atoms with Crippen LogP contribution in [0.3, 0.4) is 0 Å². The van der Waals surface area contributed by atoms with E-state index in [1.54, 1.807) is 12.1 Å². The SMILES string of the molecule is CCCCC[C@@H]1C(=O)C[C@H](c2cc(OC)c(O)cc2CO)[C@H](Cc2ccccc2)C#C[C@@H]2CN[C@]34CC[C@H]5C[C@@H](CNC)[C@@H]6C[C@@H]5[C@@]3(c3cc(O)c(O)cc36)[C@H]2[C@]1(O)CC4. The van der Waals surface area contributed by atoms with Crippen LogP contribution in [0.25, 0.3) is 0 Å². The lowest BCUT2D eigenvalue weighted by Crippen LogP contribution is -2.83. The molecule has 60 heavy (non-hydrogen) atoms. The van der Waals surface area contributed by atoms with E-state index in [-0.39, 0.29) is 71.0 Å². The number of carbonyl (C=O) groups excluding carboxylic acids is 1. The number of carbonyl (C=O) groups is 1. The Morgan fingerprint density at radius 1 is 0.933 bits per heavy atom. The molecule has 9 nitrogen and oxygen atoms in total. The molecule has 0 aromatic heterocycles. The molecule has 1 saturated heterocycles. The highest BCUT2D eigenvalue weighted by molar-refractivity contribution is 5.84. The molecule has 6 aliphatic rings. The molecule has 3 saturated carbocycles. The van der Waals surface area contributed by atoms with Gasteiger partial charge in [-0.3, -0.25) is 4.79 Å². The van der Waals surface area contributed by atoms with Gasteiger partial charge in [-0.2, -0.15) is 0 Å². The number of phenols is 3. The van der Waals surface area contributed by atoms with Crippen molar-refractivity contribution in [1.82, 2.24) is 10.6 Å². The third kappa shape index (κ3) is 6.29. The summed E-state index contributed by atoms with van der Waals surface area (Å²) in [6, 6.07) is 17.2. The van der Waals surface area contributed by atoms with Gasteiger partial charge in [-0.25, -0.2) is 0 Å². The van der Waals surface area contributed by atoms with Crippen LogP contribution in [0.4, 0.5) is 0 Å². The number of ketones is 1. The molecular formula is C51H64N2O7. The quantitative estimate of drug-likeness (QED) is 0.0606. The summed E-state index contributed by atoms with van der Waals surface area (Å²) < 4.78 is 5.62. The van der Waals surface area contributed by atoms with Gasteiger partial charge in [-0.15, -0.1) is 0 Å². The molecule has 12 atom stereocenters. The number of piperidine rings is 1. The van der Waals surface area contributed by atoms with Crippen molar-refractivity contribution in [2.24, 2.45) is 41.4 Å². The van der Waals surface area contributed by atoms with E-state index in [0.29, 0.717) is 49.6 Å². The maximum atomic E-state index is 15.8. The number of aliphatic hydroxyl groups excluding tert-OH is 1. The van der Waals surface area contributed by atoms with Gasteiger partial charge >= 0.3 is 0 Å². The number of benzene rings is 3. The summed E-state index contributed by atoms with van der Waals surface area (Å²) in [4.78, 5) is 15.8. The first kappa shape index (κ1) is 41.3. The zero-order chi connectivity index (χ0) is 42.0. The highest BCUT2D eigenvalue weighted by atomic mass is 16.5. The summed E-state index contributed by atoms with van der Waals surface area (Å²) in [7, 11) is 3.52. The van der Waals surface area contributed by atoms with Crippen LogP contribution in [0.1, 0.15) is 117 Å². The van der Waals surface area contributed by atoms with Gasteiger partial charge in [-0.05, 0) is 141 Å². The average molecular weight is 817 g/mol. The summed E-state index contributed by atoms with van der Waals surface area (Å²) in [6.07, 6.45) is 9.20. The summed E-state index contributed by atoms with van der Waals surface area (Å²) in [5, 5.41) is 66.0. The standard InChI is InChI=1S/C51H64N2O7/c1-4-5-7-12-40-43(55)23-37(38-25-47(60-3)46(58)21-35(38)29-54)31(19-30-10-8-6-9-11-30)13-14-33-28-53-49-16-15-32-20-34(27-52-2)36-22-41(32)51(49,48(33)50(40,59)18-17-49)42-26-45(57)44(56)24-39(36)42/h6,8-11,21,24-26,31-34,36-37,40-41,48,52-54,56-59H,4-5,7,12,15-20,22-23,27-29H2,1-3H3/t31-,32-,33+,34-,36-,37-,40+,41-,48+,49-,50-,51+/m0/s1. The molecule has 7 N–H and O–H groups in total. The van der Waals surface area contributed by atoms with Gasteiger partial charge in [-0.1, -0.05) is 68.4 Å². The number of hydrogen-bond acceptors (Lipinski definition) is 9. The average Bonchev–Trinajstić information content (AvgIpc) is 3.25. The van der Waals surface area contributed by atoms with Crippen LogP contribution in [-0.2, 0) is 23.2 Å². The third-order valence-corrected chi connectivity index (χ3v) is 16.8. The molecule has 0 amide bonds. The van der Waals surface area contributed by atoms with Gasteiger partial charge < -0.3 is 40.9 Å². The Labute approximate surface area is 355 Å². The Hall–Kier alpha value is -4.07.